The predicted molar refractivity (Wildman–Crippen MR) is 74.8 cm³/mol. The fraction of sp³-hybridized carbons (Fsp3) is 0.400. The first-order valence-electron chi connectivity index (χ1n) is 7.10. The van der Waals surface area contributed by atoms with Crippen LogP contribution in [0.3, 0.4) is 0 Å². The Kier molecular flexibility index (Phi) is 3.56. The minimum absolute atomic E-state index is 0.0553. The van der Waals surface area contributed by atoms with Crippen LogP contribution in [0.1, 0.15) is 30.7 Å². The monoisotopic (exact) mass is 306 g/mol. The number of benzene rings is 1. The molecule has 3 rings (SSSR count). The molecule has 22 heavy (non-hydrogen) atoms. The molecule has 1 aromatic carbocycles. The molecule has 0 radical (unpaired) electrons. The summed E-state index contributed by atoms with van der Waals surface area (Å²) in [7, 11) is 0. The van der Waals surface area contributed by atoms with Crippen LogP contribution >= 0.6 is 0 Å². The predicted octanol–water partition coefficient (Wildman–Crippen LogP) is 1.33. The molecule has 1 aromatic rings. The van der Waals surface area contributed by atoms with Gasteiger partial charge in [-0.25, -0.2) is 9.18 Å². The number of hydrogen-bond donors (Lipinski definition) is 2. The number of anilines is 1. The fourth-order valence-electron chi connectivity index (χ4n) is 3.14. The topological polar surface area (TPSA) is 86.7 Å². The molecule has 7 heteroatoms. The van der Waals surface area contributed by atoms with Gasteiger partial charge in [0.2, 0.25) is 11.8 Å². The van der Waals surface area contributed by atoms with Gasteiger partial charge in [0, 0.05) is 18.7 Å². The normalized spacial score (nSPS) is 23.9. The van der Waals surface area contributed by atoms with Crippen molar-refractivity contribution in [3.63, 3.8) is 0 Å². The molecule has 1 fully saturated rings. The number of nitrogens with zero attached hydrogens (tertiary/aromatic N) is 1. The third-order valence-electron chi connectivity index (χ3n) is 4.17. The van der Waals surface area contributed by atoms with E-state index in [1.807, 2.05) is 0 Å². The van der Waals surface area contributed by atoms with Crippen LogP contribution in [0.4, 0.5) is 10.1 Å². The van der Waals surface area contributed by atoms with Crippen molar-refractivity contribution in [1.29, 1.82) is 0 Å². The third kappa shape index (κ3) is 2.43. The second-order valence-corrected chi connectivity index (χ2v) is 5.56. The summed E-state index contributed by atoms with van der Waals surface area (Å²) in [5, 5.41) is 11.7. The van der Waals surface area contributed by atoms with Crippen LogP contribution in [0.25, 0.3) is 0 Å². The maximum atomic E-state index is 13.3. The van der Waals surface area contributed by atoms with E-state index in [2.05, 4.69) is 5.32 Å². The zero-order chi connectivity index (χ0) is 15.9. The number of likely N-dealkylation sites (tertiary alicyclic amines) is 1. The molecule has 0 aliphatic carbocycles. The Balaban J connectivity index is 1.93. The van der Waals surface area contributed by atoms with Crippen molar-refractivity contribution in [2.45, 2.75) is 31.2 Å². The van der Waals surface area contributed by atoms with Crippen molar-refractivity contribution in [2.24, 2.45) is 0 Å². The largest absolute Gasteiger partial charge is 0.480 e. The molecule has 2 amide bonds. The van der Waals surface area contributed by atoms with E-state index in [1.165, 1.54) is 23.1 Å². The number of amides is 2. The first-order valence-corrected chi connectivity index (χ1v) is 7.10. The van der Waals surface area contributed by atoms with Gasteiger partial charge in [-0.05, 0) is 30.5 Å². The van der Waals surface area contributed by atoms with E-state index in [4.69, 9.17) is 0 Å². The van der Waals surface area contributed by atoms with Crippen molar-refractivity contribution in [2.75, 3.05) is 11.9 Å². The highest BCUT2D eigenvalue weighted by Gasteiger charge is 2.40. The highest BCUT2D eigenvalue weighted by atomic mass is 19.1. The van der Waals surface area contributed by atoms with Gasteiger partial charge < -0.3 is 15.3 Å². The number of rotatable bonds is 2. The van der Waals surface area contributed by atoms with Crippen LogP contribution < -0.4 is 5.32 Å². The summed E-state index contributed by atoms with van der Waals surface area (Å²) in [6.45, 7) is 0.366. The standard InChI is InChI=1S/C15H15FN2O4/c16-8-3-4-9-10(7-13(19)17-11(9)6-8)14(20)18-5-1-2-12(18)15(21)22/h3-4,6,10,12H,1-2,5,7H2,(H,17,19)(H,21,22)/t10?,12-/m0/s1. The van der Waals surface area contributed by atoms with Gasteiger partial charge in [0.05, 0.1) is 5.92 Å². The molecule has 0 spiro atoms. The number of carboxylic acids is 1. The molecular weight excluding hydrogens is 291 g/mol. The first kappa shape index (κ1) is 14.5. The van der Waals surface area contributed by atoms with Crippen LogP contribution in [-0.2, 0) is 14.4 Å². The molecule has 2 aliphatic rings. The Morgan fingerprint density at radius 3 is 2.86 bits per heavy atom. The van der Waals surface area contributed by atoms with Crippen LogP contribution in [-0.4, -0.2) is 40.4 Å². The number of halogens is 1. The quantitative estimate of drug-likeness (QED) is 0.863. The van der Waals surface area contributed by atoms with Gasteiger partial charge in [0.15, 0.2) is 0 Å². The van der Waals surface area contributed by atoms with Crippen LogP contribution in [0.5, 0.6) is 0 Å². The number of carbonyl (C=O) groups is 3. The molecule has 6 nitrogen and oxygen atoms in total. The van der Waals surface area contributed by atoms with E-state index in [0.29, 0.717) is 24.9 Å². The summed E-state index contributed by atoms with van der Waals surface area (Å²) < 4.78 is 13.3. The molecule has 0 saturated carbocycles. The summed E-state index contributed by atoms with van der Waals surface area (Å²) in [6, 6.07) is 3.03. The average Bonchev–Trinajstić information content (AvgIpc) is 2.94. The summed E-state index contributed by atoms with van der Waals surface area (Å²) >= 11 is 0. The molecule has 1 saturated heterocycles. The van der Waals surface area contributed by atoms with Crippen molar-refractivity contribution in [1.82, 2.24) is 4.90 Å². The van der Waals surface area contributed by atoms with Crippen LogP contribution in [0.2, 0.25) is 0 Å². The van der Waals surface area contributed by atoms with Crippen molar-refractivity contribution >= 4 is 23.5 Å². The van der Waals surface area contributed by atoms with E-state index in [0.717, 1.165) is 0 Å². The summed E-state index contributed by atoms with van der Waals surface area (Å²) in [5.74, 6) is -3.05. The molecule has 2 N–H and O–H groups in total. The van der Waals surface area contributed by atoms with Crippen LogP contribution in [0, 0.1) is 5.82 Å². The number of carboxylic acid groups (broad SMARTS) is 1. The van der Waals surface area contributed by atoms with E-state index < -0.39 is 23.7 Å². The van der Waals surface area contributed by atoms with Crippen LogP contribution in [0.15, 0.2) is 18.2 Å². The van der Waals surface area contributed by atoms with E-state index in [9.17, 15) is 23.9 Å². The molecule has 1 unspecified atom stereocenters. The summed E-state index contributed by atoms with van der Waals surface area (Å²) in [4.78, 5) is 37.0. The van der Waals surface area contributed by atoms with Gasteiger partial charge in [-0.2, -0.15) is 0 Å². The Morgan fingerprint density at radius 2 is 2.14 bits per heavy atom. The molecule has 2 atom stereocenters. The maximum absolute atomic E-state index is 13.3. The third-order valence-corrected chi connectivity index (χ3v) is 4.17. The Morgan fingerprint density at radius 1 is 1.36 bits per heavy atom. The number of hydrogen-bond acceptors (Lipinski definition) is 3. The summed E-state index contributed by atoms with van der Waals surface area (Å²) in [6.07, 6.45) is 0.981. The van der Waals surface area contributed by atoms with E-state index in [1.54, 1.807) is 0 Å². The highest BCUT2D eigenvalue weighted by Crippen LogP contribution is 2.35. The average molecular weight is 306 g/mol. The van der Waals surface area contributed by atoms with Gasteiger partial charge in [-0.1, -0.05) is 6.07 Å². The SMILES string of the molecule is O=C1CC(C(=O)N2CCC[C@H]2C(=O)O)c2ccc(F)cc2N1. The Labute approximate surface area is 125 Å². The molecule has 0 bridgehead atoms. The number of fused-ring (bicyclic) bond motifs is 1. The van der Waals surface area contributed by atoms with Gasteiger partial charge in [0.1, 0.15) is 11.9 Å². The molecule has 0 aromatic heterocycles. The zero-order valence-corrected chi connectivity index (χ0v) is 11.7. The zero-order valence-electron chi connectivity index (χ0n) is 11.7. The lowest BCUT2D eigenvalue weighted by Gasteiger charge is -2.30. The van der Waals surface area contributed by atoms with E-state index in [-0.39, 0.29) is 23.9 Å². The van der Waals surface area contributed by atoms with Crippen molar-refractivity contribution in [3.8, 4) is 0 Å². The molecule has 2 aliphatic heterocycles. The second kappa shape index (κ2) is 5.40. The number of aliphatic carboxylic acids is 1. The smallest absolute Gasteiger partial charge is 0.326 e. The highest BCUT2D eigenvalue weighted by molar-refractivity contribution is 6.01. The van der Waals surface area contributed by atoms with Crippen molar-refractivity contribution < 1.29 is 23.9 Å². The fourth-order valence-corrected chi connectivity index (χ4v) is 3.14. The lowest BCUT2D eigenvalue weighted by atomic mass is 9.89. The minimum Gasteiger partial charge on any atom is -0.480 e. The number of carbonyl (C=O) groups excluding carboxylic acids is 2. The second-order valence-electron chi connectivity index (χ2n) is 5.56. The van der Waals surface area contributed by atoms with Crippen molar-refractivity contribution in [3.05, 3.63) is 29.6 Å². The van der Waals surface area contributed by atoms with E-state index >= 15 is 0 Å². The summed E-state index contributed by atoms with van der Waals surface area (Å²) in [5.41, 5.74) is 0.808. The molecular formula is C15H15FN2O4. The Bertz CT molecular complexity index is 661. The maximum Gasteiger partial charge on any atom is 0.326 e. The lowest BCUT2D eigenvalue weighted by Crippen LogP contribution is -2.44. The lowest BCUT2D eigenvalue weighted by molar-refractivity contribution is -0.149. The first-order chi connectivity index (χ1) is 10.5. The Hall–Kier alpha value is -2.44. The van der Waals surface area contributed by atoms with Gasteiger partial charge in [0.25, 0.3) is 0 Å². The minimum atomic E-state index is -1.04. The molecule has 116 valence electrons. The van der Waals surface area contributed by atoms with Gasteiger partial charge in [-0.15, -0.1) is 0 Å². The van der Waals surface area contributed by atoms with Gasteiger partial charge in [-0.3, -0.25) is 9.59 Å². The molecule has 2 heterocycles. The number of nitrogens with one attached hydrogen (secondary N) is 1. The van der Waals surface area contributed by atoms with Gasteiger partial charge >= 0.3 is 5.97 Å².